The van der Waals surface area contributed by atoms with Gasteiger partial charge in [-0.05, 0) is 17.5 Å². The third-order valence-electron chi connectivity index (χ3n) is 1.64. The maximum atomic E-state index is 5.47. The smallest absolute Gasteiger partial charge is 0.0178 e. The second-order valence-corrected chi connectivity index (χ2v) is 2.38. The average molecular weight is 135 g/mol. The van der Waals surface area contributed by atoms with E-state index >= 15 is 0 Å². The minimum Gasteiger partial charge on any atom is -0.326 e. The summed E-state index contributed by atoms with van der Waals surface area (Å²) in [6.45, 7) is 2.80. The summed E-state index contributed by atoms with van der Waals surface area (Å²) in [4.78, 5) is 0. The Kier molecular flexibility index (Phi) is 2.46. The molecule has 0 heterocycles. The summed E-state index contributed by atoms with van der Waals surface area (Å²) in [5.41, 5.74) is 8.06. The molecule has 0 aliphatic carbocycles. The Morgan fingerprint density at radius 1 is 1.30 bits per heavy atom. The van der Waals surface area contributed by atoms with Gasteiger partial charge in [0.1, 0.15) is 0 Å². The van der Waals surface area contributed by atoms with Crippen molar-refractivity contribution in [1.82, 2.24) is 0 Å². The monoisotopic (exact) mass is 135 g/mol. The van der Waals surface area contributed by atoms with Gasteiger partial charge in [-0.1, -0.05) is 31.2 Å². The van der Waals surface area contributed by atoms with E-state index in [-0.39, 0.29) is 0 Å². The fourth-order valence-electron chi connectivity index (χ4n) is 0.977. The molecule has 0 saturated carbocycles. The number of nitrogens with two attached hydrogens (primary N) is 1. The van der Waals surface area contributed by atoms with Crippen LogP contribution >= 0.6 is 0 Å². The van der Waals surface area contributed by atoms with Crippen molar-refractivity contribution in [3.8, 4) is 0 Å². The summed E-state index contributed by atoms with van der Waals surface area (Å²) in [6, 6.07) is 8.39. The van der Waals surface area contributed by atoms with E-state index in [0.717, 1.165) is 6.42 Å². The van der Waals surface area contributed by atoms with Crippen molar-refractivity contribution >= 4 is 0 Å². The minimum atomic E-state index is 0.647. The number of benzene rings is 1. The van der Waals surface area contributed by atoms with Crippen LogP contribution in [0.3, 0.4) is 0 Å². The highest BCUT2D eigenvalue weighted by Crippen LogP contribution is 2.04. The second kappa shape index (κ2) is 3.37. The molecule has 0 fully saturated rings. The van der Waals surface area contributed by atoms with Gasteiger partial charge in [0.2, 0.25) is 0 Å². The van der Waals surface area contributed by atoms with E-state index in [1.54, 1.807) is 0 Å². The summed E-state index contributed by atoms with van der Waals surface area (Å²) < 4.78 is 0. The number of hydrogen-bond donors (Lipinski definition) is 1. The van der Waals surface area contributed by atoms with Crippen LogP contribution in [0.1, 0.15) is 18.1 Å². The molecule has 0 unspecified atom stereocenters. The number of aryl methyl sites for hydroxylation is 1. The summed E-state index contributed by atoms with van der Waals surface area (Å²) >= 11 is 0. The quantitative estimate of drug-likeness (QED) is 0.656. The number of rotatable bonds is 2. The highest BCUT2D eigenvalue weighted by atomic mass is 14.5. The maximum Gasteiger partial charge on any atom is 0.0178 e. The molecule has 0 saturated heterocycles. The molecule has 0 spiro atoms. The highest BCUT2D eigenvalue weighted by Gasteiger charge is 1.89. The average Bonchev–Trinajstić information content (AvgIpc) is 2.05. The van der Waals surface area contributed by atoms with E-state index in [9.17, 15) is 0 Å². The molecule has 10 heavy (non-hydrogen) atoms. The largest absolute Gasteiger partial charge is 0.326 e. The second-order valence-electron chi connectivity index (χ2n) is 2.38. The lowest BCUT2D eigenvalue weighted by atomic mass is 10.1. The van der Waals surface area contributed by atoms with E-state index < -0.39 is 0 Å². The van der Waals surface area contributed by atoms with E-state index in [1.165, 1.54) is 11.1 Å². The normalized spacial score (nSPS) is 9.80. The zero-order valence-corrected chi connectivity index (χ0v) is 6.30. The molecular weight excluding hydrogens is 122 g/mol. The Hall–Kier alpha value is -0.820. The van der Waals surface area contributed by atoms with Crippen molar-refractivity contribution in [3.63, 3.8) is 0 Å². The maximum absolute atomic E-state index is 5.47. The van der Waals surface area contributed by atoms with E-state index in [0.29, 0.717) is 6.54 Å². The van der Waals surface area contributed by atoms with Crippen LogP contribution in [0.25, 0.3) is 0 Å². The van der Waals surface area contributed by atoms with Gasteiger partial charge in [0, 0.05) is 6.54 Å². The Bertz CT molecular complexity index is 186. The first-order valence-electron chi connectivity index (χ1n) is 3.64. The molecule has 0 atom stereocenters. The first-order chi connectivity index (χ1) is 4.86. The Balaban J connectivity index is 2.87. The van der Waals surface area contributed by atoms with Crippen molar-refractivity contribution in [1.29, 1.82) is 0 Å². The fraction of sp³-hybridized carbons (Fsp3) is 0.333. The van der Waals surface area contributed by atoms with Crippen LogP contribution in [0.4, 0.5) is 0 Å². The highest BCUT2D eigenvalue weighted by molar-refractivity contribution is 5.22. The van der Waals surface area contributed by atoms with E-state index in [1.807, 2.05) is 0 Å². The van der Waals surface area contributed by atoms with Crippen LogP contribution in [0, 0.1) is 0 Å². The fourth-order valence-corrected chi connectivity index (χ4v) is 0.977. The lowest BCUT2D eigenvalue weighted by Gasteiger charge is -1.98. The molecule has 0 aromatic heterocycles. The van der Waals surface area contributed by atoms with Gasteiger partial charge in [-0.2, -0.15) is 0 Å². The molecule has 0 aliphatic rings. The third kappa shape index (κ3) is 1.58. The molecule has 0 radical (unpaired) electrons. The molecule has 2 N–H and O–H groups in total. The van der Waals surface area contributed by atoms with Gasteiger partial charge in [-0.25, -0.2) is 0 Å². The molecule has 1 rings (SSSR count). The Labute approximate surface area is 61.9 Å². The van der Waals surface area contributed by atoms with Crippen molar-refractivity contribution in [2.75, 3.05) is 0 Å². The van der Waals surface area contributed by atoms with Gasteiger partial charge in [-0.15, -0.1) is 0 Å². The van der Waals surface area contributed by atoms with Crippen molar-refractivity contribution in [2.24, 2.45) is 5.73 Å². The first kappa shape index (κ1) is 7.29. The molecular formula is C9H13N. The zero-order valence-electron chi connectivity index (χ0n) is 6.30. The standard InChI is InChI=1S/C9H13N/c1-2-8-4-3-5-9(6-8)7-10/h3-6H,2,7,10H2,1H3. The Morgan fingerprint density at radius 3 is 2.60 bits per heavy atom. The van der Waals surface area contributed by atoms with Gasteiger partial charge in [0.25, 0.3) is 0 Å². The van der Waals surface area contributed by atoms with Crippen LogP contribution < -0.4 is 5.73 Å². The molecule has 0 bridgehead atoms. The minimum absolute atomic E-state index is 0.647. The molecule has 0 aliphatic heterocycles. The molecule has 1 nitrogen and oxygen atoms in total. The van der Waals surface area contributed by atoms with Crippen molar-refractivity contribution < 1.29 is 0 Å². The van der Waals surface area contributed by atoms with Crippen molar-refractivity contribution in [2.45, 2.75) is 19.9 Å². The van der Waals surface area contributed by atoms with Crippen LogP contribution in [0.2, 0.25) is 0 Å². The molecule has 1 aromatic rings. The van der Waals surface area contributed by atoms with Gasteiger partial charge >= 0.3 is 0 Å². The molecule has 54 valence electrons. The van der Waals surface area contributed by atoms with Crippen molar-refractivity contribution in [3.05, 3.63) is 35.4 Å². The molecule has 1 aromatic carbocycles. The SMILES string of the molecule is CCc1cccc(CN)c1. The van der Waals surface area contributed by atoms with Gasteiger partial charge in [0.15, 0.2) is 0 Å². The van der Waals surface area contributed by atoms with Gasteiger partial charge < -0.3 is 5.73 Å². The zero-order chi connectivity index (χ0) is 7.40. The van der Waals surface area contributed by atoms with Crippen LogP contribution in [-0.2, 0) is 13.0 Å². The molecule has 1 heteroatoms. The lowest BCUT2D eigenvalue weighted by Crippen LogP contribution is -1.96. The predicted octanol–water partition coefficient (Wildman–Crippen LogP) is 1.71. The van der Waals surface area contributed by atoms with E-state index in [2.05, 4.69) is 31.2 Å². The van der Waals surface area contributed by atoms with Crippen LogP contribution in [0.15, 0.2) is 24.3 Å². The summed E-state index contributed by atoms with van der Waals surface area (Å²) in [5, 5.41) is 0. The topological polar surface area (TPSA) is 26.0 Å². The van der Waals surface area contributed by atoms with Crippen LogP contribution in [-0.4, -0.2) is 0 Å². The Morgan fingerprint density at radius 2 is 2.00 bits per heavy atom. The summed E-state index contributed by atoms with van der Waals surface area (Å²) in [5.74, 6) is 0. The third-order valence-corrected chi connectivity index (χ3v) is 1.64. The number of hydrogen-bond acceptors (Lipinski definition) is 1. The summed E-state index contributed by atoms with van der Waals surface area (Å²) in [6.07, 6.45) is 1.09. The first-order valence-corrected chi connectivity index (χ1v) is 3.64. The van der Waals surface area contributed by atoms with Crippen LogP contribution in [0.5, 0.6) is 0 Å². The molecule has 0 amide bonds. The lowest BCUT2D eigenvalue weighted by molar-refractivity contribution is 1.05. The van der Waals surface area contributed by atoms with Gasteiger partial charge in [0.05, 0.1) is 0 Å². The predicted molar refractivity (Wildman–Crippen MR) is 43.7 cm³/mol. The van der Waals surface area contributed by atoms with E-state index in [4.69, 9.17) is 5.73 Å². The van der Waals surface area contributed by atoms with Gasteiger partial charge in [-0.3, -0.25) is 0 Å². The summed E-state index contributed by atoms with van der Waals surface area (Å²) in [7, 11) is 0.